The number of rotatable bonds is 10. The summed E-state index contributed by atoms with van der Waals surface area (Å²) in [5.41, 5.74) is 1.23. The lowest BCUT2D eigenvalue weighted by atomic mass is 9.93. The summed E-state index contributed by atoms with van der Waals surface area (Å²) in [5, 5.41) is 6.22. The second-order valence-corrected chi connectivity index (χ2v) is 8.02. The molecule has 1 fully saturated rings. The number of piperidine rings is 1. The number of nitrogens with one attached hydrogen (secondary N) is 2. The van der Waals surface area contributed by atoms with Crippen LogP contribution in [0.5, 0.6) is 5.75 Å². The number of carbonyl (C=O) groups excluding carboxylic acids is 1. The fourth-order valence-corrected chi connectivity index (χ4v) is 4.26. The van der Waals surface area contributed by atoms with E-state index in [-0.39, 0.29) is 11.9 Å². The minimum Gasteiger partial charge on any atom is -0.497 e. The Hall–Kier alpha value is -2.28. The quantitative estimate of drug-likeness (QED) is 0.440. The Morgan fingerprint density at radius 2 is 1.97 bits per heavy atom. The molecule has 1 atom stereocenters. The maximum atomic E-state index is 11.7. The van der Waals surface area contributed by atoms with Gasteiger partial charge in [0.05, 0.1) is 19.7 Å². The lowest BCUT2D eigenvalue weighted by molar-refractivity contribution is -0.121. The van der Waals surface area contributed by atoms with Crippen LogP contribution in [-0.4, -0.2) is 75.1 Å². The van der Waals surface area contributed by atoms with E-state index in [0.717, 1.165) is 57.3 Å². The van der Waals surface area contributed by atoms with E-state index in [1.807, 2.05) is 6.07 Å². The highest BCUT2D eigenvalue weighted by atomic mass is 16.5. The standard InChI is InChI=1S/C24H41N5O2/c1-6-26-24(29-14-12-19(13-15-29)16-23(30)25-4)27-18-22(28(7-2)8-3)20-10-9-11-21(17-20)31-5/h9-11,17,19,22H,6-8,12-16,18H2,1-5H3,(H,25,30)(H,26,27). The van der Waals surface area contributed by atoms with Gasteiger partial charge in [-0.05, 0) is 56.5 Å². The normalized spacial score (nSPS) is 16.3. The van der Waals surface area contributed by atoms with E-state index in [1.165, 1.54) is 5.56 Å². The number of guanidine groups is 1. The molecule has 2 N–H and O–H groups in total. The number of likely N-dealkylation sites (tertiary alicyclic amines) is 1. The van der Waals surface area contributed by atoms with Gasteiger partial charge in [0.2, 0.25) is 5.91 Å². The molecule has 0 radical (unpaired) electrons. The van der Waals surface area contributed by atoms with Crippen molar-refractivity contribution in [2.75, 3.05) is 53.4 Å². The minimum absolute atomic E-state index is 0.138. The maximum absolute atomic E-state index is 11.7. The number of likely N-dealkylation sites (N-methyl/N-ethyl adjacent to an activating group) is 1. The summed E-state index contributed by atoms with van der Waals surface area (Å²) in [4.78, 5) is 21.5. The number of aliphatic imine (C=N–C) groups is 1. The number of benzene rings is 1. The third-order valence-corrected chi connectivity index (χ3v) is 6.15. The summed E-state index contributed by atoms with van der Waals surface area (Å²) in [7, 11) is 3.42. The van der Waals surface area contributed by atoms with Gasteiger partial charge in [-0.3, -0.25) is 14.7 Å². The number of hydrogen-bond donors (Lipinski definition) is 2. The third kappa shape index (κ3) is 7.42. The van der Waals surface area contributed by atoms with Gasteiger partial charge in [-0.2, -0.15) is 0 Å². The molecule has 1 unspecified atom stereocenters. The van der Waals surface area contributed by atoms with Crippen molar-refractivity contribution in [2.45, 2.75) is 46.1 Å². The van der Waals surface area contributed by atoms with Crippen molar-refractivity contribution in [1.82, 2.24) is 20.4 Å². The highest BCUT2D eigenvalue weighted by molar-refractivity contribution is 5.80. The zero-order valence-corrected chi connectivity index (χ0v) is 20.0. The van der Waals surface area contributed by atoms with Crippen molar-refractivity contribution in [3.05, 3.63) is 29.8 Å². The Bertz CT molecular complexity index is 697. The van der Waals surface area contributed by atoms with Crippen molar-refractivity contribution in [1.29, 1.82) is 0 Å². The monoisotopic (exact) mass is 431 g/mol. The predicted molar refractivity (Wildman–Crippen MR) is 128 cm³/mol. The van der Waals surface area contributed by atoms with E-state index < -0.39 is 0 Å². The van der Waals surface area contributed by atoms with Crippen LogP contribution in [0.4, 0.5) is 0 Å². The molecular formula is C24H41N5O2. The van der Waals surface area contributed by atoms with Crippen LogP contribution in [0, 0.1) is 5.92 Å². The van der Waals surface area contributed by atoms with E-state index in [9.17, 15) is 4.79 Å². The van der Waals surface area contributed by atoms with Gasteiger partial charge in [0.1, 0.15) is 5.75 Å². The molecule has 1 aromatic carbocycles. The molecule has 1 aliphatic heterocycles. The molecule has 1 heterocycles. The van der Waals surface area contributed by atoms with Gasteiger partial charge in [-0.15, -0.1) is 0 Å². The van der Waals surface area contributed by atoms with E-state index >= 15 is 0 Å². The van der Waals surface area contributed by atoms with Crippen LogP contribution in [0.1, 0.15) is 51.6 Å². The molecule has 1 aliphatic rings. The summed E-state index contributed by atoms with van der Waals surface area (Å²) in [6, 6.07) is 8.52. The Balaban J connectivity index is 2.13. The van der Waals surface area contributed by atoms with Gasteiger partial charge in [0, 0.05) is 33.1 Å². The smallest absolute Gasteiger partial charge is 0.220 e. The lowest BCUT2D eigenvalue weighted by Gasteiger charge is -2.35. The SMILES string of the molecule is CCNC(=NCC(c1cccc(OC)c1)N(CC)CC)N1CCC(CC(=O)NC)CC1. The van der Waals surface area contributed by atoms with E-state index in [1.54, 1.807) is 14.2 Å². The summed E-state index contributed by atoms with van der Waals surface area (Å²) in [6.45, 7) is 11.8. The highest BCUT2D eigenvalue weighted by Crippen LogP contribution is 2.25. The second-order valence-electron chi connectivity index (χ2n) is 8.02. The van der Waals surface area contributed by atoms with Crippen molar-refractivity contribution < 1.29 is 9.53 Å². The molecule has 0 saturated carbocycles. The van der Waals surface area contributed by atoms with Gasteiger partial charge in [0.15, 0.2) is 5.96 Å². The Labute approximate surface area is 188 Å². The Kier molecular flexibility index (Phi) is 10.6. The topological polar surface area (TPSA) is 69.2 Å². The first-order chi connectivity index (χ1) is 15.1. The molecule has 1 saturated heterocycles. The molecule has 0 bridgehead atoms. The van der Waals surface area contributed by atoms with Crippen molar-refractivity contribution >= 4 is 11.9 Å². The first-order valence-electron chi connectivity index (χ1n) is 11.7. The molecule has 1 aromatic rings. The number of methoxy groups -OCH3 is 1. The summed E-state index contributed by atoms with van der Waals surface area (Å²) >= 11 is 0. The van der Waals surface area contributed by atoms with Gasteiger partial charge in [-0.1, -0.05) is 26.0 Å². The van der Waals surface area contributed by atoms with Crippen LogP contribution >= 0.6 is 0 Å². The van der Waals surface area contributed by atoms with Gasteiger partial charge < -0.3 is 20.3 Å². The number of amides is 1. The largest absolute Gasteiger partial charge is 0.497 e. The Morgan fingerprint density at radius 1 is 1.26 bits per heavy atom. The number of nitrogens with zero attached hydrogens (tertiary/aromatic N) is 3. The molecular weight excluding hydrogens is 390 g/mol. The molecule has 7 heteroatoms. The fourth-order valence-electron chi connectivity index (χ4n) is 4.26. The number of hydrogen-bond acceptors (Lipinski definition) is 4. The number of carbonyl (C=O) groups is 1. The summed E-state index contributed by atoms with van der Waals surface area (Å²) < 4.78 is 5.45. The van der Waals surface area contributed by atoms with Crippen molar-refractivity contribution in [3.8, 4) is 5.75 Å². The van der Waals surface area contributed by atoms with Crippen LogP contribution in [-0.2, 0) is 4.79 Å². The van der Waals surface area contributed by atoms with E-state index in [4.69, 9.17) is 9.73 Å². The number of ether oxygens (including phenoxy) is 1. The summed E-state index contributed by atoms with van der Waals surface area (Å²) in [6.07, 6.45) is 2.66. The second kappa shape index (κ2) is 13.2. The van der Waals surface area contributed by atoms with Crippen molar-refractivity contribution in [3.63, 3.8) is 0 Å². The molecule has 31 heavy (non-hydrogen) atoms. The van der Waals surface area contributed by atoms with Crippen LogP contribution in [0.15, 0.2) is 29.3 Å². The first kappa shape index (κ1) is 25.0. The van der Waals surface area contributed by atoms with Crippen LogP contribution in [0.2, 0.25) is 0 Å². The van der Waals surface area contributed by atoms with Crippen molar-refractivity contribution in [2.24, 2.45) is 10.9 Å². The van der Waals surface area contributed by atoms with Crippen LogP contribution in [0.3, 0.4) is 0 Å². The minimum atomic E-state index is 0.138. The molecule has 2 rings (SSSR count). The average Bonchev–Trinajstić information content (AvgIpc) is 2.81. The van der Waals surface area contributed by atoms with Gasteiger partial charge in [-0.25, -0.2) is 0 Å². The molecule has 0 aliphatic carbocycles. The van der Waals surface area contributed by atoms with Crippen LogP contribution in [0.25, 0.3) is 0 Å². The lowest BCUT2D eigenvalue weighted by Crippen LogP contribution is -2.46. The van der Waals surface area contributed by atoms with Gasteiger partial charge in [0.25, 0.3) is 0 Å². The van der Waals surface area contributed by atoms with Gasteiger partial charge >= 0.3 is 0 Å². The fraction of sp³-hybridized carbons (Fsp3) is 0.667. The zero-order valence-electron chi connectivity index (χ0n) is 20.0. The van der Waals surface area contributed by atoms with E-state index in [2.05, 4.69) is 59.4 Å². The predicted octanol–water partition coefficient (Wildman–Crippen LogP) is 2.89. The Morgan fingerprint density at radius 3 is 2.55 bits per heavy atom. The highest BCUT2D eigenvalue weighted by Gasteiger charge is 2.24. The van der Waals surface area contributed by atoms with E-state index in [0.29, 0.717) is 18.9 Å². The summed E-state index contributed by atoms with van der Waals surface area (Å²) in [5.74, 6) is 2.45. The average molecular weight is 432 g/mol. The molecule has 0 spiro atoms. The maximum Gasteiger partial charge on any atom is 0.220 e. The molecule has 7 nitrogen and oxygen atoms in total. The molecule has 174 valence electrons. The first-order valence-corrected chi connectivity index (χ1v) is 11.7. The van der Waals surface area contributed by atoms with Crippen LogP contribution < -0.4 is 15.4 Å². The molecule has 0 aromatic heterocycles. The third-order valence-electron chi connectivity index (χ3n) is 6.15. The molecule has 1 amide bonds. The zero-order chi connectivity index (χ0) is 22.6.